The second kappa shape index (κ2) is 6.50. The topological polar surface area (TPSA) is 34.4 Å². The Labute approximate surface area is 139 Å². The van der Waals surface area contributed by atoms with Gasteiger partial charge in [0, 0.05) is 13.5 Å². The summed E-state index contributed by atoms with van der Waals surface area (Å²) < 4.78 is 3.18. The highest BCUT2D eigenvalue weighted by molar-refractivity contribution is 7.16. The van der Waals surface area contributed by atoms with Crippen LogP contribution in [0.3, 0.4) is 0 Å². The summed E-state index contributed by atoms with van der Waals surface area (Å²) in [7, 11) is 1.97. The molecule has 118 valence electrons. The van der Waals surface area contributed by atoms with E-state index >= 15 is 0 Å². The van der Waals surface area contributed by atoms with Gasteiger partial charge in [-0.2, -0.15) is 4.99 Å². The minimum atomic E-state index is -0.0653. The van der Waals surface area contributed by atoms with E-state index in [-0.39, 0.29) is 5.91 Å². The lowest BCUT2D eigenvalue weighted by atomic mass is 10.1. The van der Waals surface area contributed by atoms with Crippen LogP contribution >= 0.6 is 11.3 Å². The van der Waals surface area contributed by atoms with Crippen LogP contribution in [0, 0.1) is 13.8 Å². The molecule has 4 heteroatoms. The summed E-state index contributed by atoms with van der Waals surface area (Å²) in [6.07, 6.45) is 1.17. The van der Waals surface area contributed by atoms with Crippen molar-refractivity contribution in [2.24, 2.45) is 12.0 Å². The highest BCUT2D eigenvalue weighted by Crippen LogP contribution is 2.21. The number of fused-ring (bicyclic) bond motifs is 1. The van der Waals surface area contributed by atoms with Crippen molar-refractivity contribution in [1.29, 1.82) is 0 Å². The third kappa shape index (κ3) is 3.42. The van der Waals surface area contributed by atoms with Crippen LogP contribution in [0.5, 0.6) is 0 Å². The molecule has 2 aromatic carbocycles. The summed E-state index contributed by atoms with van der Waals surface area (Å²) in [6, 6.07) is 14.4. The van der Waals surface area contributed by atoms with Crippen molar-refractivity contribution in [3.8, 4) is 0 Å². The summed E-state index contributed by atoms with van der Waals surface area (Å²) in [5.41, 5.74) is 4.82. The highest BCUT2D eigenvalue weighted by Gasteiger charge is 2.07. The molecule has 0 fully saturated rings. The number of nitrogens with zero attached hydrogens (tertiary/aromatic N) is 2. The normalized spacial score (nSPS) is 12.0. The fraction of sp³-hybridized carbons (Fsp3) is 0.263. The molecule has 0 atom stereocenters. The summed E-state index contributed by atoms with van der Waals surface area (Å²) in [4.78, 5) is 17.3. The number of amides is 1. The Morgan fingerprint density at radius 3 is 2.57 bits per heavy atom. The zero-order valence-electron chi connectivity index (χ0n) is 13.7. The summed E-state index contributed by atoms with van der Waals surface area (Å²) in [5, 5.41) is 0. The number of benzene rings is 2. The van der Waals surface area contributed by atoms with E-state index in [0.717, 1.165) is 16.7 Å². The number of rotatable bonds is 3. The van der Waals surface area contributed by atoms with Crippen LogP contribution in [-0.4, -0.2) is 10.5 Å². The Balaban J connectivity index is 1.85. The van der Waals surface area contributed by atoms with E-state index in [1.807, 2.05) is 41.9 Å². The van der Waals surface area contributed by atoms with Crippen LogP contribution in [0.1, 0.15) is 23.1 Å². The molecule has 1 aromatic heterocycles. The van der Waals surface area contributed by atoms with Crippen molar-refractivity contribution in [2.45, 2.75) is 26.7 Å². The second-order valence-corrected chi connectivity index (χ2v) is 6.85. The lowest BCUT2D eigenvalue weighted by molar-refractivity contribution is -0.118. The Morgan fingerprint density at radius 1 is 1.13 bits per heavy atom. The first-order valence-corrected chi connectivity index (χ1v) is 8.54. The van der Waals surface area contributed by atoms with E-state index in [0.29, 0.717) is 6.42 Å². The number of carbonyl (C=O) groups excluding carboxylic acids is 1. The maximum absolute atomic E-state index is 12.2. The van der Waals surface area contributed by atoms with E-state index < -0.39 is 0 Å². The Hall–Kier alpha value is -2.20. The fourth-order valence-corrected chi connectivity index (χ4v) is 3.66. The molecule has 0 saturated heterocycles. The monoisotopic (exact) mass is 324 g/mol. The van der Waals surface area contributed by atoms with Gasteiger partial charge < -0.3 is 4.57 Å². The summed E-state index contributed by atoms with van der Waals surface area (Å²) >= 11 is 1.57. The largest absolute Gasteiger partial charge is 0.319 e. The Morgan fingerprint density at radius 2 is 1.83 bits per heavy atom. The van der Waals surface area contributed by atoms with Gasteiger partial charge in [-0.15, -0.1) is 0 Å². The third-order valence-corrected chi connectivity index (χ3v) is 5.21. The number of thiazole rings is 1. The van der Waals surface area contributed by atoms with Crippen LogP contribution in [-0.2, 0) is 18.3 Å². The molecule has 3 rings (SSSR count). The molecular formula is C19H20N2OS. The van der Waals surface area contributed by atoms with Crippen LogP contribution in [0.25, 0.3) is 10.2 Å². The molecule has 23 heavy (non-hydrogen) atoms. The van der Waals surface area contributed by atoms with Gasteiger partial charge in [0.1, 0.15) is 0 Å². The quantitative estimate of drug-likeness (QED) is 0.719. The molecule has 0 bridgehead atoms. The van der Waals surface area contributed by atoms with E-state index in [2.05, 4.69) is 31.0 Å². The molecule has 0 aliphatic rings. The van der Waals surface area contributed by atoms with Crippen molar-refractivity contribution in [3.05, 3.63) is 64.0 Å². The smallest absolute Gasteiger partial charge is 0.248 e. The average Bonchev–Trinajstić information content (AvgIpc) is 2.83. The molecule has 3 nitrogen and oxygen atoms in total. The number of carbonyl (C=O) groups is 1. The van der Waals surface area contributed by atoms with E-state index in [9.17, 15) is 4.79 Å². The predicted molar refractivity (Wildman–Crippen MR) is 95.6 cm³/mol. The number of aryl methyl sites for hydroxylation is 4. The number of hydrogen-bond acceptors (Lipinski definition) is 2. The van der Waals surface area contributed by atoms with Gasteiger partial charge in [-0.3, -0.25) is 4.79 Å². The molecular weight excluding hydrogens is 304 g/mol. The Bertz CT molecular complexity index is 920. The standard InChI is InChI=1S/C19H20N2OS/c1-13-11-16-17(12-14(13)2)23-19(21(16)3)20-18(22)10-9-15-7-5-4-6-8-15/h4-8,11-12H,9-10H2,1-3H3. The predicted octanol–water partition coefficient (Wildman–Crippen LogP) is 3.92. The first-order chi connectivity index (χ1) is 11.0. The lowest BCUT2D eigenvalue weighted by Gasteiger charge is -2.01. The zero-order chi connectivity index (χ0) is 16.4. The molecule has 1 amide bonds. The van der Waals surface area contributed by atoms with Gasteiger partial charge in [-0.05, 0) is 49.1 Å². The lowest BCUT2D eigenvalue weighted by Crippen LogP contribution is -2.13. The van der Waals surface area contributed by atoms with Gasteiger partial charge in [0.25, 0.3) is 0 Å². The van der Waals surface area contributed by atoms with Crippen molar-refractivity contribution in [3.63, 3.8) is 0 Å². The van der Waals surface area contributed by atoms with Crippen molar-refractivity contribution < 1.29 is 4.79 Å². The van der Waals surface area contributed by atoms with Crippen LogP contribution in [0.2, 0.25) is 0 Å². The molecule has 3 aromatic rings. The molecule has 0 aliphatic carbocycles. The molecule has 0 aliphatic heterocycles. The molecule has 0 spiro atoms. The van der Waals surface area contributed by atoms with E-state index in [1.165, 1.54) is 21.4 Å². The molecule has 0 radical (unpaired) electrons. The average molecular weight is 324 g/mol. The molecule has 1 heterocycles. The summed E-state index contributed by atoms with van der Waals surface area (Å²) in [5.74, 6) is -0.0653. The van der Waals surface area contributed by atoms with Crippen molar-refractivity contribution in [1.82, 2.24) is 4.57 Å². The van der Waals surface area contributed by atoms with Gasteiger partial charge in [-0.25, -0.2) is 0 Å². The Kier molecular flexibility index (Phi) is 4.44. The van der Waals surface area contributed by atoms with Gasteiger partial charge in [0.15, 0.2) is 4.80 Å². The molecule has 0 saturated carbocycles. The number of hydrogen-bond donors (Lipinski definition) is 0. The minimum absolute atomic E-state index is 0.0653. The van der Waals surface area contributed by atoms with Crippen LogP contribution in [0.4, 0.5) is 0 Å². The van der Waals surface area contributed by atoms with Gasteiger partial charge >= 0.3 is 0 Å². The van der Waals surface area contributed by atoms with Gasteiger partial charge in [-0.1, -0.05) is 41.7 Å². The van der Waals surface area contributed by atoms with E-state index in [4.69, 9.17) is 0 Å². The second-order valence-electron chi connectivity index (χ2n) is 5.84. The first kappa shape index (κ1) is 15.7. The zero-order valence-corrected chi connectivity index (χ0v) is 14.5. The molecule has 0 N–H and O–H groups in total. The van der Waals surface area contributed by atoms with Crippen LogP contribution < -0.4 is 4.80 Å². The fourth-order valence-electron chi connectivity index (χ4n) is 2.54. The maximum Gasteiger partial charge on any atom is 0.248 e. The van der Waals surface area contributed by atoms with Crippen molar-refractivity contribution in [2.75, 3.05) is 0 Å². The number of aromatic nitrogens is 1. The third-order valence-electron chi connectivity index (χ3n) is 4.12. The first-order valence-electron chi connectivity index (χ1n) is 7.73. The van der Waals surface area contributed by atoms with E-state index in [1.54, 1.807) is 11.3 Å². The highest BCUT2D eigenvalue weighted by atomic mass is 32.1. The molecule has 0 unspecified atom stereocenters. The maximum atomic E-state index is 12.2. The van der Waals surface area contributed by atoms with Crippen LogP contribution in [0.15, 0.2) is 47.5 Å². The minimum Gasteiger partial charge on any atom is -0.319 e. The summed E-state index contributed by atoms with van der Waals surface area (Å²) in [6.45, 7) is 4.21. The van der Waals surface area contributed by atoms with Gasteiger partial charge in [0.05, 0.1) is 10.2 Å². The van der Waals surface area contributed by atoms with Crippen molar-refractivity contribution >= 4 is 27.5 Å². The van der Waals surface area contributed by atoms with Gasteiger partial charge in [0.2, 0.25) is 5.91 Å². The SMILES string of the molecule is Cc1cc2sc(=NC(=O)CCc3ccccc3)n(C)c2cc1C.